The molecule has 0 aliphatic carbocycles. The fourth-order valence-corrected chi connectivity index (χ4v) is 2.43. The maximum Gasteiger partial charge on any atom is 0.126 e. The Morgan fingerprint density at radius 1 is 1.30 bits per heavy atom. The van der Waals surface area contributed by atoms with Crippen molar-refractivity contribution in [3.8, 4) is 0 Å². The molecular weight excluding hydrogens is 252 g/mol. The number of nitrogens with one attached hydrogen (secondary N) is 2. The van der Waals surface area contributed by atoms with E-state index in [0.29, 0.717) is 6.54 Å². The molecule has 20 heavy (non-hydrogen) atoms. The van der Waals surface area contributed by atoms with Crippen molar-refractivity contribution in [3.63, 3.8) is 0 Å². The minimum absolute atomic E-state index is 0.162. The second-order valence-corrected chi connectivity index (χ2v) is 4.73. The third-order valence-electron chi connectivity index (χ3n) is 3.38. The average Bonchev–Trinajstić information content (AvgIpc) is 3.11. The maximum atomic E-state index is 8.83. The van der Waals surface area contributed by atoms with Gasteiger partial charge in [-0.25, -0.2) is 4.98 Å². The standard InChI is InChI=1S/C15H18N4O/c20-9-7-16-10-12-2-1-3-14-13(12)4-8-19(14)11-15-17-5-6-18-15/h1-6,8,16,20H,7,9-11H2,(H,17,18). The van der Waals surface area contributed by atoms with Gasteiger partial charge in [-0.2, -0.15) is 0 Å². The smallest absolute Gasteiger partial charge is 0.126 e. The molecule has 1 aromatic carbocycles. The lowest BCUT2D eigenvalue weighted by atomic mass is 10.1. The molecule has 3 aromatic rings. The molecule has 104 valence electrons. The van der Waals surface area contributed by atoms with Crippen molar-refractivity contribution < 1.29 is 5.11 Å². The van der Waals surface area contributed by atoms with Gasteiger partial charge in [0, 0.05) is 42.6 Å². The Bertz CT molecular complexity index is 672. The van der Waals surface area contributed by atoms with Crippen LogP contribution < -0.4 is 5.32 Å². The highest BCUT2D eigenvalue weighted by molar-refractivity contribution is 5.83. The van der Waals surface area contributed by atoms with E-state index in [1.54, 1.807) is 6.20 Å². The quantitative estimate of drug-likeness (QED) is 0.595. The first-order valence-corrected chi connectivity index (χ1v) is 6.75. The minimum Gasteiger partial charge on any atom is -0.395 e. The maximum absolute atomic E-state index is 8.83. The molecule has 0 spiro atoms. The van der Waals surface area contributed by atoms with Gasteiger partial charge < -0.3 is 20.0 Å². The van der Waals surface area contributed by atoms with Crippen molar-refractivity contribution in [2.45, 2.75) is 13.1 Å². The number of imidazole rings is 1. The molecule has 0 unspecified atom stereocenters. The molecule has 0 amide bonds. The van der Waals surface area contributed by atoms with E-state index in [4.69, 9.17) is 5.11 Å². The van der Waals surface area contributed by atoms with Crippen LogP contribution in [0.2, 0.25) is 0 Å². The van der Waals surface area contributed by atoms with Crippen molar-refractivity contribution in [2.75, 3.05) is 13.2 Å². The van der Waals surface area contributed by atoms with E-state index >= 15 is 0 Å². The normalized spacial score (nSPS) is 11.2. The van der Waals surface area contributed by atoms with Gasteiger partial charge in [-0.1, -0.05) is 12.1 Å². The first kappa shape index (κ1) is 12.9. The Labute approximate surface area is 117 Å². The molecule has 0 atom stereocenters. The molecule has 0 aliphatic rings. The first-order valence-electron chi connectivity index (χ1n) is 6.75. The molecular formula is C15H18N4O. The van der Waals surface area contributed by atoms with E-state index in [0.717, 1.165) is 18.9 Å². The summed E-state index contributed by atoms with van der Waals surface area (Å²) < 4.78 is 2.18. The molecule has 0 saturated heterocycles. The number of aromatic amines is 1. The number of aliphatic hydroxyl groups is 1. The number of aromatic nitrogens is 3. The monoisotopic (exact) mass is 270 g/mol. The SMILES string of the molecule is OCCNCc1cccc2c1ccn2Cc1ncc[nH]1. The Morgan fingerprint density at radius 3 is 3.05 bits per heavy atom. The van der Waals surface area contributed by atoms with Crippen LogP contribution in [0.1, 0.15) is 11.4 Å². The Kier molecular flexibility index (Phi) is 3.80. The number of hydrogen-bond acceptors (Lipinski definition) is 3. The molecule has 0 aliphatic heterocycles. The molecule has 5 heteroatoms. The Hall–Kier alpha value is -2.11. The molecule has 0 fully saturated rings. The van der Waals surface area contributed by atoms with Crippen molar-refractivity contribution in [1.82, 2.24) is 19.9 Å². The van der Waals surface area contributed by atoms with Crippen LogP contribution in [0.3, 0.4) is 0 Å². The van der Waals surface area contributed by atoms with Gasteiger partial charge in [0.2, 0.25) is 0 Å². The zero-order valence-corrected chi connectivity index (χ0v) is 11.2. The van der Waals surface area contributed by atoms with Gasteiger partial charge in [-0.05, 0) is 17.7 Å². The molecule has 0 saturated carbocycles. The number of benzene rings is 1. The van der Waals surface area contributed by atoms with Gasteiger partial charge in [-0.15, -0.1) is 0 Å². The summed E-state index contributed by atoms with van der Waals surface area (Å²) in [6.45, 7) is 2.28. The zero-order chi connectivity index (χ0) is 13.8. The van der Waals surface area contributed by atoms with Crippen molar-refractivity contribution in [1.29, 1.82) is 0 Å². The van der Waals surface area contributed by atoms with Gasteiger partial charge in [0.05, 0.1) is 13.2 Å². The van der Waals surface area contributed by atoms with E-state index in [9.17, 15) is 0 Å². The number of rotatable bonds is 6. The van der Waals surface area contributed by atoms with Crippen LogP contribution in [-0.4, -0.2) is 32.8 Å². The Morgan fingerprint density at radius 2 is 2.25 bits per heavy atom. The predicted octanol–water partition coefficient (Wildman–Crippen LogP) is 1.49. The van der Waals surface area contributed by atoms with Gasteiger partial charge in [0.1, 0.15) is 5.82 Å². The van der Waals surface area contributed by atoms with Crippen LogP contribution in [0.15, 0.2) is 42.9 Å². The predicted molar refractivity (Wildman–Crippen MR) is 78.4 cm³/mol. The number of nitrogens with zero attached hydrogens (tertiary/aromatic N) is 2. The van der Waals surface area contributed by atoms with Gasteiger partial charge in [-0.3, -0.25) is 0 Å². The molecule has 3 N–H and O–H groups in total. The van der Waals surface area contributed by atoms with E-state index in [1.807, 2.05) is 6.20 Å². The highest BCUT2D eigenvalue weighted by Crippen LogP contribution is 2.20. The van der Waals surface area contributed by atoms with Gasteiger partial charge in [0.25, 0.3) is 0 Å². The lowest BCUT2D eigenvalue weighted by Crippen LogP contribution is -2.17. The van der Waals surface area contributed by atoms with Gasteiger partial charge in [0.15, 0.2) is 0 Å². The molecule has 0 bridgehead atoms. The van der Waals surface area contributed by atoms with E-state index < -0.39 is 0 Å². The third-order valence-corrected chi connectivity index (χ3v) is 3.38. The molecule has 2 aromatic heterocycles. The summed E-state index contributed by atoms with van der Waals surface area (Å²) in [7, 11) is 0. The zero-order valence-electron chi connectivity index (χ0n) is 11.2. The lowest BCUT2D eigenvalue weighted by molar-refractivity contribution is 0.292. The number of H-pyrrole nitrogens is 1. The van der Waals surface area contributed by atoms with Crippen molar-refractivity contribution in [2.24, 2.45) is 0 Å². The number of fused-ring (bicyclic) bond motifs is 1. The van der Waals surface area contributed by atoms with E-state index in [-0.39, 0.29) is 6.61 Å². The number of hydrogen-bond donors (Lipinski definition) is 3. The first-order chi connectivity index (χ1) is 9.88. The topological polar surface area (TPSA) is 65.9 Å². The molecule has 5 nitrogen and oxygen atoms in total. The minimum atomic E-state index is 0.162. The van der Waals surface area contributed by atoms with Crippen molar-refractivity contribution >= 4 is 10.9 Å². The van der Waals surface area contributed by atoms with Crippen LogP contribution in [0.25, 0.3) is 10.9 Å². The van der Waals surface area contributed by atoms with Crippen molar-refractivity contribution in [3.05, 3.63) is 54.2 Å². The summed E-state index contributed by atoms with van der Waals surface area (Å²) >= 11 is 0. The lowest BCUT2D eigenvalue weighted by Gasteiger charge is -2.07. The molecule has 3 rings (SSSR count). The van der Waals surface area contributed by atoms with Gasteiger partial charge >= 0.3 is 0 Å². The second-order valence-electron chi connectivity index (χ2n) is 4.73. The van der Waals surface area contributed by atoms with E-state index in [1.165, 1.54) is 16.5 Å². The van der Waals surface area contributed by atoms with Crippen LogP contribution in [0, 0.1) is 0 Å². The summed E-state index contributed by atoms with van der Waals surface area (Å²) in [5.41, 5.74) is 2.44. The van der Waals surface area contributed by atoms with E-state index in [2.05, 4.69) is 50.3 Å². The van der Waals surface area contributed by atoms with Crippen LogP contribution >= 0.6 is 0 Å². The average molecular weight is 270 g/mol. The van der Waals surface area contributed by atoms with Crippen LogP contribution in [0.4, 0.5) is 0 Å². The third kappa shape index (κ3) is 2.59. The summed E-state index contributed by atoms with van der Waals surface area (Å²) in [5.74, 6) is 0.950. The summed E-state index contributed by atoms with van der Waals surface area (Å²) in [5, 5.41) is 13.3. The summed E-state index contributed by atoms with van der Waals surface area (Å²) in [6.07, 6.45) is 5.69. The number of aliphatic hydroxyl groups excluding tert-OH is 1. The van der Waals surface area contributed by atoms with Crippen LogP contribution in [-0.2, 0) is 13.1 Å². The fourth-order valence-electron chi connectivity index (χ4n) is 2.43. The summed E-state index contributed by atoms with van der Waals surface area (Å²) in [4.78, 5) is 7.39. The largest absolute Gasteiger partial charge is 0.395 e. The molecule has 2 heterocycles. The summed E-state index contributed by atoms with van der Waals surface area (Å²) in [6, 6.07) is 8.43. The Balaban J connectivity index is 1.87. The second kappa shape index (κ2) is 5.90. The fraction of sp³-hybridized carbons (Fsp3) is 0.267. The highest BCUT2D eigenvalue weighted by Gasteiger charge is 2.06. The highest BCUT2D eigenvalue weighted by atomic mass is 16.3. The van der Waals surface area contributed by atoms with Crippen LogP contribution in [0.5, 0.6) is 0 Å². The molecule has 0 radical (unpaired) electrons.